The highest BCUT2D eigenvalue weighted by molar-refractivity contribution is 5.80. The normalized spacial score (nSPS) is 9.52. The SMILES string of the molecule is CN(C)c1ccc(C#Cc2ccc(CC(=O)NNC(=O)O)cc2)cc1. The maximum atomic E-state index is 11.5. The fourth-order valence-electron chi connectivity index (χ4n) is 2.05. The van der Waals surface area contributed by atoms with Gasteiger partial charge in [-0.05, 0) is 42.0 Å². The molecule has 25 heavy (non-hydrogen) atoms. The van der Waals surface area contributed by atoms with E-state index in [0.29, 0.717) is 0 Å². The maximum Gasteiger partial charge on any atom is 0.423 e. The van der Waals surface area contributed by atoms with Crippen LogP contribution in [0.5, 0.6) is 0 Å². The molecule has 0 bridgehead atoms. The summed E-state index contributed by atoms with van der Waals surface area (Å²) in [4.78, 5) is 23.8. The summed E-state index contributed by atoms with van der Waals surface area (Å²) in [6.07, 6.45) is -1.22. The van der Waals surface area contributed by atoms with Gasteiger partial charge in [0.1, 0.15) is 0 Å². The minimum Gasteiger partial charge on any atom is -0.464 e. The fraction of sp³-hybridized carbons (Fsp3) is 0.158. The van der Waals surface area contributed by atoms with Crippen molar-refractivity contribution in [2.24, 2.45) is 0 Å². The van der Waals surface area contributed by atoms with E-state index in [9.17, 15) is 9.59 Å². The summed E-state index contributed by atoms with van der Waals surface area (Å²) < 4.78 is 0. The predicted molar refractivity (Wildman–Crippen MR) is 96.2 cm³/mol. The van der Waals surface area contributed by atoms with Crippen LogP contribution in [0.3, 0.4) is 0 Å². The topological polar surface area (TPSA) is 81.7 Å². The molecule has 2 aromatic rings. The Balaban J connectivity index is 1.96. The van der Waals surface area contributed by atoms with Crippen LogP contribution >= 0.6 is 0 Å². The van der Waals surface area contributed by atoms with Crippen molar-refractivity contribution < 1.29 is 14.7 Å². The van der Waals surface area contributed by atoms with Crippen molar-refractivity contribution in [3.8, 4) is 11.8 Å². The Labute approximate surface area is 146 Å². The molecule has 6 heteroatoms. The lowest BCUT2D eigenvalue weighted by Crippen LogP contribution is -2.41. The Bertz CT molecular complexity index is 801. The largest absolute Gasteiger partial charge is 0.464 e. The van der Waals surface area contributed by atoms with E-state index in [0.717, 1.165) is 22.4 Å². The van der Waals surface area contributed by atoms with E-state index in [2.05, 4.69) is 17.3 Å². The van der Waals surface area contributed by atoms with Crippen molar-refractivity contribution in [3.63, 3.8) is 0 Å². The summed E-state index contributed by atoms with van der Waals surface area (Å²) >= 11 is 0. The number of hydrogen-bond acceptors (Lipinski definition) is 3. The number of hydrazine groups is 1. The van der Waals surface area contributed by atoms with Crippen molar-refractivity contribution in [2.75, 3.05) is 19.0 Å². The molecule has 128 valence electrons. The summed E-state index contributed by atoms with van der Waals surface area (Å²) in [5, 5.41) is 8.42. The first-order valence-electron chi connectivity index (χ1n) is 7.60. The van der Waals surface area contributed by atoms with Crippen molar-refractivity contribution in [1.82, 2.24) is 10.9 Å². The summed E-state index contributed by atoms with van der Waals surface area (Å²) in [6, 6.07) is 15.2. The van der Waals surface area contributed by atoms with Gasteiger partial charge in [-0.3, -0.25) is 10.2 Å². The number of nitrogens with one attached hydrogen (secondary N) is 2. The monoisotopic (exact) mass is 337 g/mol. The molecule has 0 aliphatic rings. The zero-order valence-electron chi connectivity index (χ0n) is 14.0. The minimum atomic E-state index is -1.31. The average Bonchev–Trinajstić information content (AvgIpc) is 2.60. The number of nitrogens with zero attached hydrogens (tertiary/aromatic N) is 1. The fourth-order valence-corrected chi connectivity index (χ4v) is 2.05. The highest BCUT2D eigenvalue weighted by Crippen LogP contribution is 2.11. The Kier molecular flexibility index (Phi) is 6.02. The highest BCUT2D eigenvalue weighted by atomic mass is 16.4. The van der Waals surface area contributed by atoms with E-state index in [1.54, 1.807) is 12.1 Å². The van der Waals surface area contributed by atoms with Gasteiger partial charge in [0, 0.05) is 30.9 Å². The summed E-state index contributed by atoms with van der Waals surface area (Å²) in [7, 11) is 3.97. The molecule has 3 N–H and O–H groups in total. The van der Waals surface area contributed by atoms with E-state index in [-0.39, 0.29) is 6.42 Å². The zero-order chi connectivity index (χ0) is 18.2. The first-order chi connectivity index (χ1) is 11.9. The maximum absolute atomic E-state index is 11.5. The lowest BCUT2D eigenvalue weighted by atomic mass is 10.1. The molecule has 6 nitrogen and oxygen atoms in total. The Morgan fingerprint density at radius 2 is 1.44 bits per heavy atom. The number of amides is 2. The molecule has 0 spiro atoms. The van der Waals surface area contributed by atoms with E-state index in [4.69, 9.17) is 5.11 Å². The van der Waals surface area contributed by atoms with Crippen LogP contribution in [0.2, 0.25) is 0 Å². The molecular weight excluding hydrogens is 318 g/mol. The molecule has 0 aliphatic heterocycles. The van der Waals surface area contributed by atoms with Crippen LogP contribution in [-0.4, -0.2) is 31.2 Å². The molecule has 2 rings (SSSR count). The standard InChI is InChI=1S/C19H19N3O3/c1-22(2)17-11-9-15(10-12-17)4-3-14-5-7-16(8-6-14)13-18(23)20-21-19(24)25/h5-12,21H,13H2,1-2H3,(H,20,23)(H,24,25). The predicted octanol–water partition coefficient (Wildman–Crippen LogP) is 1.99. The third-order valence-electron chi connectivity index (χ3n) is 3.36. The molecule has 0 radical (unpaired) electrons. The Morgan fingerprint density at radius 3 is 1.92 bits per heavy atom. The molecule has 0 atom stereocenters. The number of anilines is 1. The van der Waals surface area contributed by atoms with Crippen LogP contribution in [0, 0.1) is 11.8 Å². The molecule has 0 aliphatic carbocycles. The minimum absolute atomic E-state index is 0.0833. The summed E-state index contributed by atoms with van der Waals surface area (Å²) in [5.74, 6) is 5.74. The van der Waals surface area contributed by atoms with E-state index >= 15 is 0 Å². The number of carbonyl (C=O) groups is 2. The van der Waals surface area contributed by atoms with Crippen LogP contribution in [0.4, 0.5) is 10.5 Å². The first kappa shape index (κ1) is 17.9. The lowest BCUT2D eigenvalue weighted by Gasteiger charge is -2.11. The van der Waals surface area contributed by atoms with Crippen LogP contribution in [0.1, 0.15) is 16.7 Å². The van der Waals surface area contributed by atoms with Crippen LogP contribution in [0.25, 0.3) is 0 Å². The molecule has 2 amide bonds. The van der Waals surface area contributed by atoms with Crippen LogP contribution < -0.4 is 15.8 Å². The van der Waals surface area contributed by atoms with Crippen LogP contribution in [0.15, 0.2) is 48.5 Å². The Hall–Kier alpha value is -3.46. The molecule has 2 aromatic carbocycles. The van der Waals surface area contributed by atoms with Gasteiger partial charge in [-0.15, -0.1) is 0 Å². The van der Waals surface area contributed by atoms with Crippen molar-refractivity contribution in [3.05, 3.63) is 65.2 Å². The number of rotatable bonds is 3. The van der Waals surface area contributed by atoms with Gasteiger partial charge >= 0.3 is 6.09 Å². The van der Waals surface area contributed by atoms with Crippen molar-refractivity contribution >= 4 is 17.7 Å². The van der Waals surface area contributed by atoms with E-state index < -0.39 is 12.0 Å². The number of carbonyl (C=O) groups excluding carboxylic acids is 1. The molecule has 0 unspecified atom stereocenters. The van der Waals surface area contributed by atoms with Gasteiger partial charge in [-0.25, -0.2) is 10.2 Å². The second-order valence-corrected chi connectivity index (χ2v) is 5.54. The number of hydrogen-bond donors (Lipinski definition) is 3. The van der Waals surface area contributed by atoms with Crippen molar-refractivity contribution in [2.45, 2.75) is 6.42 Å². The quantitative estimate of drug-likeness (QED) is 0.591. The summed E-state index contributed by atoms with van der Waals surface area (Å²) in [6.45, 7) is 0. The second kappa shape index (κ2) is 8.41. The smallest absolute Gasteiger partial charge is 0.423 e. The molecular formula is C19H19N3O3. The molecule has 0 aromatic heterocycles. The average molecular weight is 337 g/mol. The Morgan fingerprint density at radius 1 is 0.920 bits per heavy atom. The van der Waals surface area contributed by atoms with Gasteiger partial charge in [-0.1, -0.05) is 24.0 Å². The van der Waals surface area contributed by atoms with Gasteiger partial charge in [0.25, 0.3) is 0 Å². The first-order valence-corrected chi connectivity index (χ1v) is 7.60. The second-order valence-electron chi connectivity index (χ2n) is 5.54. The third kappa shape index (κ3) is 5.92. The van der Waals surface area contributed by atoms with Crippen LogP contribution in [-0.2, 0) is 11.2 Å². The third-order valence-corrected chi connectivity index (χ3v) is 3.36. The van der Waals surface area contributed by atoms with Gasteiger partial charge in [0.15, 0.2) is 0 Å². The molecule has 0 fully saturated rings. The summed E-state index contributed by atoms with van der Waals surface area (Å²) in [5.41, 5.74) is 7.55. The molecule has 0 heterocycles. The molecule has 0 saturated heterocycles. The number of carboxylic acid groups (broad SMARTS) is 1. The van der Waals surface area contributed by atoms with E-state index in [1.807, 2.05) is 60.8 Å². The van der Waals surface area contributed by atoms with Gasteiger partial charge in [0.05, 0.1) is 6.42 Å². The van der Waals surface area contributed by atoms with Gasteiger partial charge < -0.3 is 10.0 Å². The van der Waals surface area contributed by atoms with Crippen molar-refractivity contribution in [1.29, 1.82) is 0 Å². The molecule has 0 saturated carbocycles. The lowest BCUT2D eigenvalue weighted by molar-refractivity contribution is -0.121. The highest BCUT2D eigenvalue weighted by Gasteiger charge is 2.04. The zero-order valence-corrected chi connectivity index (χ0v) is 14.0. The van der Waals surface area contributed by atoms with Gasteiger partial charge in [-0.2, -0.15) is 0 Å². The van der Waals surface area contributed by atoms with Gasteiger partial charge in [0.2, 0.25) is 5.91 Å². The number of benzene rings is 2. The van der Waals surface area contributed by atoms with E-state index in [1.165, 1.54) is 0 Å².